The average molecular weight is 239 g/mol. The lowest BCUT2D eigenvalue weighted by Crippen LogP contribution is -2.42. The molecule has 0 aromatic heterocycles. The minimum absolute atomic E-state index is 0. The molecular formula is C9H19ClN2O3. The van der Waals surface area contributed by atoms with Crippen LogP contribution in [-0.2, 0) is 9.59 Å². The molecule has 0 aromatic rings. The topological polar surface area (TPSA) is 92.4 Å². The van der Waals surface area contributed by atoms with Crippen LogP contribution in [0.4, 0.5) is 0 Å². The molecule has 0 aliphatic heterocycles. The Hall–Kier alpha value is -0.810. The molecule has 0 saturated carbocycles. The quantitative estimate of drug-likeness (QED) is 0.624. The number of hydrogen-bond acceptors (Lipinski definition) is 3. The predicted octanol–water partition coefficient (Wildman–Crippen LogP) is 0.373. The first-order chi connectivity index (χ1) is 6.47. The van der Waals surface area contributed by atoms with Crippen LogP contribution >= 0.6 is 12.4 Å². The summed E-state index contributed by atoms with van der Waals surface area (Å²) in [6.45, 7) is 4.05. The fraction of sp³-hybridized carbons (Fsp3) is 0.778. The molecule has 0 aromatic carbocycles. The van der Waals surface area contributed by atoms with E-state index in [1.165, 1.54) is 0 Å². The van der Waals surface area contributed by atoms with Crippen molar-refractivity contribution in [2.24, 2.45) is 11.7 Å². The van der Waals surface area contributed by atoms with E-state index in [0.717, 1.165) is 0 Å². The van der Waals surface area contributed by atoms with E-state index < -0.39 is 12.0 Å². The van der Waals surface area contributed by atoms with Crippen LogP contribution in [-0.4, -0.2) is 29.6 Å². The Morgan fingerprint density at radius 1 is 1.40 bits per heavy atom. The number of aliphatic carboxylic acids is 1. The summed E-state index contributed by atoms with van der Waals surface area (Å²) in [5.41, 5.74) is 5.17. The molecule has 0 fully saturated rings. The lowest BCUT2D eigenvalue weighted by Gasteiger charge is -2.15. The first kappa shape index (κ1) is 16.6. The van der Waals surface area contributed by atoms with Gasteiger partial charge in [-0.05, 0) is 12.3 Å². The number of carbonyl (C=O) groups excluding carboxylic acids is 1. The molecule has 0 saturated heterocycles. The molecule has 0 spiro atoms. The van der Waals surface area contributed by atoms with E-state index in [1.54, 1.807) is 0 Å². The van der Waals surface area contributed by atoms with E-state index >= 15 is 0 Å². The van der Waals surface area contributed by atoms with Crippen molar-refractivity contribution in [3.05, 3.63) is 0 Å². The molecule has 0 aliphatic rings. The number of carboxylic acids is 1. The number of halogens is 1. The Balaban J connectivity index is 0. The van der Waals surface area contributed by atoms with Gasteiger partial charge in [0, 0.05) is 13.0 Å². The minimum atomic E-state index is -0.996. The molecule has 0 heterocycles. The molecular weight excluding hydrogens is 220 g/mol. The van der Waals surface area contributed by atoms with Gasteiger partial charge in [0.25, 0.3) is 0 Å². The largest absolute Gasteiger partial charge is 0.480 e. The third-order valence-electron chi connectivity index (χ3n) is 1.71. The highest BCUT2D eigenvalue weighted by Gasteiger charge is 2.20. The highest BCUT2D eigenvalue weighted by Crippen LogP contribution is 2.04. The van der Waals surface area contributed by atoms with Crippen molar-refractivity contribution in [1.82, 2.24) is 5.32 Å². The first-order valence-electron chi connectivity index (χ1n) is 4.69. The second-order valence-electron chi connectivity index (χ2n) is 3.63. The van der Waals surface area contributed by atoms with Crippen molar-refractivity contribution in [2.75, 3.05) is 6.54 Å². The molecule has 0 radical (unpaired) electrons. The Kier molecular flexibility index (Phi) is 9.41. The van der Waals surface area contributed by atoms with E-state index in [9.17, 15) is 9.59 Å². The Morgan fingerprint density at radius 2 is 1.93 bits per heavy atom. The molecule has 0 bridgehead atoms. The van der Waals surface area contributed by atoms with Crippen molar-refractivity contribution < 1.29 is 14.7 Å². The van der Waals surface area contributed by atoms with E-state index in [1.807, 2.05) is 13.8 Å². The molecule has 1 amide bonds. The van der Waals surface area contributed by atoms with Gasteiger partial charge in [-0.1, -0.05) is 13.8 Å². The molecule has 15 heavy (non-hydrogen) atoms. The van der Waals surface area contributed by atoms with Gasteiger partial charge < -0.3 is 16.2 Å². The van der Waals surface area contributed by atoms with Gasteiger partial charge in [0.1, 0.15) is 6.04 Å². The molecule has 4 N–H and O–H groups in total. The van der Waals surface area contributed by atoms with Crippen LogP contribution in [0.15, 0.2) is 0 Å². The van der Waals surface area contributed by atoms with E-state index in [-0.39, 0.29) is 37.2 Å². The van der Waals surface area contributed by atoms with Crippen molar-refractivity contribution in [3.8, 4) is 0 Å². The summed E-state index contributed by atoms with van der Waals surface area (Å²) in [5.74, 6) is -1.07. The summed E-state index contributed by atoms with van der Waals surface area (Å²) in [6.07, 6.45) is 0.605. The van der Waals surface area contributed by atoms with Crippen LogP contribution in [0.2, 0.25) is 0 Å². The molecule has 0 aliphatic carbocycles. The zero-order valence-corrected chi connectivity index (χ0v) is 9.84. The minimum Gasteiger partial charge on any atom is -0.480 e. The highest BCUT2D eigenvalue weighted by molar-refractivity contribution is 5.85. The maximum Gasteiger partial charge on any atom is 0.326 e. The molecule has 5 nitrogen and oxygen atoms in total. The summed E-state index contributed by atoms with van der Waals surface area (Å²) in [5, 5.41) is 11.2. The lowest BCUT2D eigenvalue weighted by atomic mass is 10.0. The van der Waals surface area contributed by atoms with Crippen molar-refractivity contribution >= 4 is 24.3 Å². The highest BCUT2D eigenvalue weighted by atomic mass is 35.5. The SMILES string of the molecule is CC(C)CC(NC(=O)CCN)C(=O)O.Cl. The fourth-order valence-corrected chi connectivity index (χ4v) is 1.09. The van der Waals surface area contributed by atoms with E-state index in [4.69, 9.17) is 10.8 Å². The van der Waals surface area contributed by atoms with E-state index in [0.29, 0.717) is 6.42 Å². The van der Waals surface area contributed by atoms with Gasteiger partial charge in [-0.25, -0.2) is 4.79 Å². The second-order valence-corrected chi connectivity index (χ2v) is 3.63. The fourth-order valence-electron chi connectivity index (χ4n) is 1.09. The van der Waals surface area contributed by atoms with Gasteiger partial charge in [0.05, 0.1) is 0 Å². The van der Waals surface area contributed by atoms with Gasteiger partial charge >= 0.3 is 5.97 Å². The summed E-state index contributed by atoms with van der Waals surface area (Å²) >= 11 is 0. The molecule has 1 atom stereocenters. The summed E-state index contributed by atoms with van der Waals surface area (Å²) in [6, 6.07) is -0.797. The molecule has 1 unspecified atom stereocenters. The zero-order valence-electron chi connectivity index (χ0n) is 9.03. The molecule has 0 rings (SSSR count). The Morgan fingerprint density at radius 3 is 2.27 bits per heavy atom. The van der Waals surface area contributed by atoms with Crippen molar-refractivity contribution in [1.29, 1.82) is 0 Å². The van der Waals surface area contributed by atoms with Crippen LogP contribution in [0.1, 0.15) is 26.7 Å². The van der Waals surface area contributed by atoms with Gasteiger partial charge in [-0.3, -0.25) is 4.79 Å². The number of nitrogens with one attached hydrogen (secondary N) is 1. The normalized spacial score (nSPS) is 11.7. The number of carbonyl (C=O) groups is 2. The molecule has 90 valence electrons. The third kappa shape index (κ3) is 8.20. The number of nitrogens with two attached hydrogens (primary N) is 1. The number of hydrogen-bond donors (Lipinski definition) is 3. The Bertz CT molecular complexity index is 210. The van der Waals surface area contributed by atoms with Crippen LogP contribution < -0.4 is 11.1 Å². The van der Waals surface area contributed by atoms with Crippen LogP contribution in [0.25, 0.3) is 0 Å². The number of rotatable bonds is 6. The van der Waals surface area contributed by atoms with Gasteiger partial charge in [-0.2, -0.15) is 0 Å². The van der Waals surface area contributed by atoms with E-state index in [2.05, 4.69) is 5.32 Å². The van der Waals surface area contributed by atoms with Crippen LogP contribution in [0, 0.1) is 5.92 Å². The van der Waals surface area contributed by atoms with Crippen LogP contribution in [0.3, 0.4) is 0 Å². The Labute approximate surface area is 95.8 Å². The summed E-state index contributed by atoms with van der Waals surface area (Å²) < 4.78 is 0. The number of carboxylic acid groups (broad SMARTS) is 1. The smallest absolute Gasteiger partial charge is 0.326 e. The van der Waals surface area contributed by atoms with Gasteiger partial charge in [0.2, 0.25) is 5.91 Å². The first-order valence-corrected chi connectivity index (χ1v) is 4.69. The average Bonchev–Trinajstić information content (AvgIpc) is 2.02. The third-order valence-corrected chi connectivity index (χ3v) is 1.71. The molecule has 6 heteroatoms. The maximum atomic E-state index is 11.1. The number of amides is 1. The maximum absolute atomic E-state index is 11.1. The van der Waals surface area contributed by atoms with Crippen LogP contribution in [0.5, 0.6) is 0 Å². The zero-order chi connectivity index (χ0) is 11.1. The van der Waals surface area contributed by atoms with Gasteiger partial charge in [0.15, 0.2) is 0 Å². The van der Waals surface area contributed by atoms with Crippen molar-refractivity contribution in [2.45, 2.75) is 32.7 Å². The predicted molar refractivity (Wildman–Crippen MR) is 59.9 cm³/mol. The van der Waals surface area contributed by atoms with Gasteiger partial charge in [-0.15, -0.1) is 12.4 Å². The summed E-state index contributed by atoms with van der Waals surface area (Å²) in [7, 11) is 0. The standard InChI is InChI=1S/C9H18N2O3.ClH/c1-6(2)5-7(9(13)14)11-8(12)3-4-10;/h6-7H,3-5,10H2,1-2H3,(H,11,12)(H,13,14);1H. The second kappa shape index (κ2) is 8.49. The van der Waals surface area contributed by atoms with Crippen molar-refractivity contribution in [3.63, 3.8) is 0 Å². The monoisotopic (exact) mass is 238 g/mol. The summed E-state index contributed by atoms with van der Waals surface area (Å²) in [4.78, 5) is 21.8. The lowest BCUT2D eigenvalue weighted by molar-refractivity contribution is -0.142.